The summed E-state index contributed by atoms with van der Waals surface area (Å²) in [7, 11) is 0. The van der Waals surface area contributed by atoms with E-state index in [1.807, 2.05) is 0 Å². The lowest BCUT2D eigenvalue weighted by Gasteiger charge is -2.10. The van der Waals surface area contributed by atoms with Crippen molar-refractivity contribution in [3.8, 4) is 0 Å². The van der Waals surface area contributed by atoms with Crippen LogP contribution in [0.4, 0.5) is 24.5 Å². The first-order chi connectivity index (χ1) is 13.0. The summed E-state index contributed by atoms with van der Waals surface area (Å²) in [5.41, 5.74) is -1.00. The van der Waals surface area contributed by atoms with E-state index in [1.165, 1.54) is 19.9 Å². The zero-order chi connectivity index (χ0) is 21.1. The second-order valence-corrected chi connectivity index (χ2v) is 5.72. The Morgan fingerprint density at radius 1 is 1.32 bits per heavy atom. The maximum Gasteiger partial charge on any atom is 0.416 e. The Kier molecular flexibility index (Phi) is 6.01. The van der Waals surface area contributed by atoms with Crippen LogP contribution in [0.2, 0.25) is 0 Å². The predicted molar refractivity (Wildman–Crippen MR) is 89.4 cm³/mol. The molecule has 0 atom stereocenters. The molecule has 0 radical (unpaired) electrons. The Labute approximate surface area is 156 Å². The van der Waals surface area contributed by atoms with Crippen LogP contribution in [0, 0.1) is 24.0 Å². The second kappa shape index (κ2) is 8.06. The number of nitro groups is 1. The van der Waals surface area contributed by atoms with Gasteiger partial charge in [0, 0.05) is 5.69 Å². The quantitative estimate of drug-likeness (QED) is 0.453. The van der Waals surface area contributed by atoms with Crippen LogP contribution in [-0.2, 0) is 27.0 Å². The molecule has 1 N–H and O–H groups in total. The standard InChI is InChI=1S/C16H15F3N4O5/c1-9-15(23(26)27)10(2)22(21-9)7-14(25)28-8-13(24)20-12-5-3-4-11(6-12)16(17,18)19/h3-6H,7-8H2,1-2H3,(H,20,24). The summed E-state index contributed by atoms with van der Waals surface area (Å²) < 4.78 is 43.7. The van der Waals surface area contributed by atoms with E-state index < -0.39 is 41.7 Å². The maximum atomic E-state index is 12.6. The molecule has 12 heteroatoms. The second-order valence-electron chi connectivity index (χ2n) is 5.72. The van der Waals surface area contributed by atoms with E-state index in [-0.39, 0.29) is 22.8 Å². The minimum absolute atomic E-state index is 0.106. The fourth-order valence-corrected chi connectivity index (χ4v) is 2.39. The number of alkyl halides is 3. The van der Waals surface area contributed by atoms with Crippen molar-refractivity contribution in [1.82, 2.24) is 9.78 Å². The molecule has 0 unspecified atom stereocenters. The first kappa shape index (κ1) is 20.9. The van der Waals surface area contributed by atoms with Gasteiger partial charge in [-0.1, -0.05) is 6.07 Å². The van der Waals surface area contributed by atoms with E-state index in [2.05, 4.69) is 10.4 Å². The Morgan fingerprint density at radius 2 is 2.00 bits per heavy atom. The molecule has 0 bridgehead atoms. The molecule has 1 aromatic carbocycles. The summed E-state index contributed by atoms with van der Waals surface area (Å²) in [4.78, 5) is 33.9. The molecule has 28 heavy (non-hydrogen) atoms. The van der Waals surface area contributed by atoms with E-state index in [0.29, 0.717) is 0 Å². The summed E-state index contributed by atoms with van der Waals surface area (Å²) in [6.07, 6.45) is -4.56. The number of halogens is 3. The number of amides is 1. The van der Waals surface area contributed by atoms with Crippen molar-refractivity contribution in [2.24, 2.45) is 0 Å². The number of carbonyl (C=O) groups is 2. The lowest BCUT2D eigenvalue weighted by Crippen LogP contribution is -2.23. The fourth-order valence-electron chi connectivity index (χ4n) is 2.39. The van der Waals surface area contributed by atoms with Gasteiger partial charge in [0.25, 0.3) is 5.91 Å². The van der Waals surface area contributed by atoms with Gasteiger partial charge in [0.1, 0.15) is 17.9 Å². The lowest BCUT2D eigenvalue weighted by molar-refractivity contribution is -0.386. The van der Waals surface area contributed by atoms with Crippen LogP contribution in [0.1, 0.15) is 17.0 Å². The summed E-state index contributed by atoms with van der Waals surface area (Å²) in [5, 5.41) is 17.0. The smallest absolute Gasteiger partial charge is 0.416 e. The fraction of sp³-hybridized carbons (Fsp3) is 0.312. The molecule has 0 spiro atoms. The van der Waals surface area contributed by atoms with Crippen LogP contribution < -0.4 is 5.32 Å². The molecule has 0 saturated carbocycles. The zero-order valence-electron chi connectivity index (χ0n) is 14.7. The number of rotatable bonds is 6. The number of ether oxygens (including phenoxy) is 1. The number of anilines is 1. The Balaban J connectivity index is 1.92. The average molecular weight is 400 g/mol. The normalized spacial score (nSPS) is 11.2. The van der Waals surface area contributed by atoms with Crippen molar-refractivity contribution in [3.63, 3.8) is 0 Å². The molecule has 150 valence electrons. The van der Waals surface area contributed by atoms with E-state index in [9.17, 15) is 32.9 Å². The molecule has 1 amide bonds. The van der Waals surface area contributed by atoms with E-state index >= 15 is 0 Å². The molecule has 0 aliphatic carbocycles. The topological polar surface area (TPSA) is 116 Å². The zero-order valence-corrected chi connectivity index (χ0v) is 14.7. The van der Waals surface area contributed by atoms with Crippen LogP contribution in [-0.4, -0.2) is 33.2 Å². The van der Waals surface area contributed by atoms with Gasteiger partial charge in [-0.05, 0) is 32.0 Å². The summed E-state index contributed by atoms with van der Waals surface area (Å²) >= 11 is 0. The van der Waals surface area contributed by atoms with Crippen LogP contribution in [0.25, 0.3) is 0 Å². The van der Waals surface area contributed by atoms with Crippen LogP contribution in [0.15, 0.2) is 24.3 Å². The third-order valence-electron chi connectivity index (χ3n) is 3.64. The molecule has 0 aliphatic heterocycles. The van der Waals surface area contributed by atoms with Gasteiger partial charge < -0.3 is 10.1 Å². The third-order valence-corrected chi connectivity index (χ3v) is 3.64. The van der Waals surface area contributed by atoms with Crippen molar-refractivity contribution >= 4 is 23.3 Å². The van der Waals surface area contributed by atoms with Gasteiger partial charge >= 0.3 is 17.8 Å². The highest BCUT2D eigenvalue weighted by atomic mass is 19.4. The van der Waals surface area contributed by atoms with Crippen LogP contribution >= 0.6 is 0 Å². The molecule has 0 saturated heterocycles. The van der Waals surface area contributed by atoms with Gasteiger partial charge in [-0.3, -0.25) is 24.4 Å². The van der Waals surface area contributed by atoms with Crippen LogP contribution in [0.3, 0.4) is 0 Å². The molecule has 1 heterocycles. The maximum absolute atomic E-state index is 12.6. The van der Waals surface area contributed by atoms with Crippen molar-refractivity contribution in [2.75, 3.05) is 11.9 Å². The summed E-state index contributed by atoms with van der Waals surface area (Å²) in [5.74, 6) is -1.73. The summed E-state index contributed by atoms with van der Waals surface area (Å²) in [6.45, 7) is 1.62. The van der Waals surface area contributed by atoms with Gasteiger partial charge in [-0.2, -0.15) is 18.3 Å². The highest BCUT2D eigenvalue weighted by molar-refractivity contribution is 5.92. The number of esters is 1. The largest absolute Gasteiger partial charge is 0.454 e. The minimum Gasteiger partial charge on any atom is -0.454 e. The van der Waals surface area contributed by atoms with Crippen molar-refractivity contribution in [2.45, 2.75) is 26.6 Å². The third kappa shape index (κ3) is 5.05. The molecule has 2 rings (SSSR count). The number of hydrogen-bond donors (Lipinski definition) is 1. The van der Waals surface area contributed by atoms with Gasteiger partial charge in [0.2, 0.25) is 0 Å². The predicted octanol–water partition coefficient (Wildman–Crippen LogP) is 2.61. The molecule has 0 aliphatic rings. The Morgan fingerprint density at radius 3 is 2.57 bits per heavy atom. The van der Waals surface area contributed by atoms with Gasteiger partial charge in [0.05, 0.1) is 10.5 Å². The highest BCUT2D eigenvalue weighted by Gasteiger charge is 2.30. The van der Waals surface area contributed by atoms with Crippen molar-refractivity contribution in [1.29, 1.82) is 0 Å². The van der Waals surface area contributed by atoms with E-state index in [0.717, 1.165) is 22.9 Å². The highest BCUT2D eigenvalue weighted by Crippen LogP contribution is 2.30. The molecule has 9 nitrogen and oxygen atoms in total. The van der Waals surface area contributed by atoms with Crippen molar-refractivity contribution in [3.05, 3.63) is 51.3 Å². The monoisotopic (exact) mass is 400 g/mol. The molecular weight excluding hydrogens is 385 g/mol. The van der Waals surface area contributed by atoms with Crippen molar-refractivity contribution < 1.29 is 32.4 Å². The number of aryl methyl sites for hydroxylation is 1. The van der Waals surface area contributed by atoms with Gasteiger partial charge in [0.15, 0.2) is 6.61 Å². The number of benzene rings is 1. The van der Waals surface area contributed by atoms with Crippen LogP contribution in [0.5, 0.6) is 0 Å². The number of hydrogen-bond acceptors (Lipinski definition) is 6. The number of nitrogens with one attached hydrogen (secondary N) is 1. The Bertz CT molecular complexity index is 923. The lowest BCUT2D eigenvalue weighted by atomic mass is 10.2. The number of carbonyl (C=O) groups excluding carboxylic acids is 2. The first-order valence-electron chi connectivity index (χ1n) is 7.80. The first-order valence-corrected chi connectivity index (χ1v) is 7.80. The number of nitrogens with zero attached hydrogens (tertiary/aromatic N) is 3. The van der Waals surface area contributed by atoms with E-state index in [4.69, 9.17) is 4.74 Å². The van der Waals surface area contributed by atoms with E-state index in [1.54, 1.807) is 0 Å². The SMILES string of the molecule is Cc1nn(CC(=O)OCC(=O)Nc2cccc(C(F)(F)F)c2)c(C)c1[N+](=O)[O-]. The number of aromatic nitrogens is 2. The average Bonchev–Trinajstić information content (AvgIpc) is 2.86. The molecular formula is C16H15F3N4O5. The van der Waals surface area contributed by atoms with Gasteiger partial charge in [-0.25, -0.2) is 0 Å². The molecule has 1 aromatic heterocycles. The molecule has 0 fully saturated rings. The van der Waals surface area contributed by atoms with Gasteiger partial charge in [-0.15, -0.1) is 0 Å². The summed E-state index contributed by atoms with van der Waals surface area (Å²) in [6, 6.07) is 3.97. The Hall–Kier alpha value is -3.44. The molecule has 2 aromatic rings. The minimum atomic E-state index is -4.56.